The Balaban J connectivity index is 1.88. The van der Waals surface area contributed by atoms with E-state index in [0.29, 0.717) is 26.1 Å². The monoisotopic (exact) mass is 325 g/mol. The number of amides is 2. The molecule has 0 aromatic rings. The van der Waals surface area contributed by atoms with Gasteiger partial charge in [0.1, 0.15) is 6.04 Å². The second-order valence-electron chi connectivity index (χ2n) is 6.92. The summed E-state index contributed by atoms with van der Waals surface area (Å²) in [7, 11) is 0. The third-order valence-electron chi connectivity index (χ3n) is 4.79. The molecule has 2 rings (SSSR count). The summed E-state index contributed by atoms with van der Waals surface area (Å²) in [5.74, 6) is 0.371. The van der Waals surface area contributed by atoms with E-state index >= 15 is 0 Å². The number of nitrogens with two attached hydrogens (primary N) is 1. The Morgan fingerprint density at radius 1 is 1.30 bits per heavy atom. The lowest BCUT2D eigenvalue weighted by Crippen LogP contribution is -2.54. The summed E-state index contributed by atoms with van der Waals surface area (Å²) in [6.45, 7) is 7.55. The number of nitrogens with zero attached hydrogens (tertiary/aromatic N) is 2. The van der Waals surface area contributed by atoms with Gasteiger partial charge in [0, 0.05) is 32.7 Å². The Hall–Kier alpha value is -1.14. The molecule has 1 unspecified atom stereocenters. The average molecular weight is 325 g/mol. The van der Waals surface area contributed by atoms with Crippen LogP contribution < -0.4 is 5.73 Å². The van der Waals surface area contributed by atoms with Gasteiger partial charge in [0.25, 0.3) is 0 Å². The molecule has 2 amide bonds. The molecule has 0 spiro atoms. The highest BCUT2D eigenvalue weighted by Gasteiger charge is 2.38. The number of hydrogen-bond donors (Lipinski definition) is 1. The molecule has 2 fully saturated rings. The maximum Gasteiger partial charge on any atom is 0.245 e. The first-order valence-corrected chi connectivity index (χ1v) is 8.94. The van der Waals surface area contributed by atoms with E-state index in [0.717, 1.165) is 38.8 Å². The topological polar surface area (TPSA) is 75.9 Å². The molecule has 6 nitrogen and oxygen atoms in total. The van der Waals surface area contributed by atoms with Crippen LogP contribution in [0.25, 0.3) is 0 Å². The van der Waals surface area contributed by atoms with Crippen molar-refractivity contribution in [2.24, 2.45) is 11.7 Å². The highest BCUT2D eigenvalue weighted by atomic mass is 16.5. The van der Waals surface area contributed by atoms with Crippen molar-refractivity contribution >= 4 is 11.8 Å². The molecule has 0 aromatic carbocycles. The molecule has 0 aromatic heterocycles. The minimum Gasteiger partial charge on any atom is -0.378 e. The normalized spacial score (nSPS) is 21.3. The van der Waals surface area contributed by atoms with E-state index in [1.165, 1.54) is 0 Å². The molecule has 2 heterocycles. The fraction of sp³-hybridized carbons (Fsp3) is 0.882. The molecule has 0 radical (unpaired) electrons. The van der Waals surface area contributed by atoms with E-state index in [4.69, 9.17) is 10.5 Å². The highest BCUT2D eigenvalue weighted by molar-refractivity contribution is 5.88. The van der Waals surface area contributed by atoms with Crippen LogP contribution in [-0.4, -0.2) is 66.5 Å². The van der Waals surface area contributed by atoms with Gasteiger partial charge in [-0.05, 0) is 38.1 Å². The zero-order valence-corrected chi connectivity index (χ0v) is 14.5. The summed E-state index contributed by atoms with van der Waals surface area (Å²) < 4.78 is 5.79. The molecule has 132 valence electrons. The first-order valence-electron chi connectivity index (χ1n) is 8.94. The molecule has 0 saturated carbocycles. The Kier molecular flexibility index (Phi) is 6.84. The van der Waals surface area contributed by atoms with Crippen molar-refractivity contribution in [2.75, 3.05) is 32.8 Å². The van der Waals surface area contributed by atoms with Crippen LogP contribution >= 0.6 is 0 Å². The molecule has 1 atom stereocenters. The summed E-state index contributed by atoms with van der Waals surface area (Å²) in [6.07, 6.45) is 4.30. The van der Waals surface area contributed by atoms with Crippen LogP contribution in [0.2, 0.25) is 0 Å². The van der Waals surface area contributed by atoms with Crippen molar-refractivity contribution in [2.45, 2.75) is 58.1 Å². The Morgan fingerprint density at radius 3 is 2.52 bits per heavy atom. The number of ether oxygens (including phenoxy) is 1. The standard InChI is InChI=1S/C17H31N3O3/c1-13(2)16(20-9-3-5-15(20)21)17(22)19-10-6-14(7-11-19)23-12-4-8-18/h13-14,16H,3-12,18H2,1-2H3. The Bertz CT molecular complexity index is 406. The number of carbonyl (C=O) groups excluding carboxylic acids is 2. The molecule has 23 heavy (non-hydrogen) atoms. The molecule has 0 aliphatic carbocycles. The van der Waals surface area contributed by atoms with E-state index in [1.807, 2.05) is 18.7 Å². The van der Waals surface area contributed by atoms with E-state index < -0.39 is 0 Å². The van der Waals surface area contributed by atoms with Gasteiger partial charge in [0.2, 0.25) is 11.8 Å². The van der Waals surface area contributed by atoms with Crippen LogP contribution in [-0.2, 0) is 14.3 Å². The Labute approximate surface area is 139 Å². The molecule has 2 saturated heterocycles. The second kappa shape index (κ2) is 8.64. The van der Waals surface area contributed by atoms with Gasteiger partial charge in [-0.2, -0.15) is 0 Å². The fourth-order valence-electron chi connectivity index (χ4n) is 3.50. The zero-order valence-electron chi connectivity index (χ0n) is 14.5. The quantitative estimate of drug-likeness (QED) is 0.708. The van der Waals surface area contributed by atoms with Gasteiger partial charge in [-0.15, -0.1) is 0 Å². The lowest BCUT2D eigenvalue weighted by molar-refractivity contribution is -0.147. The van der Waals surface area contributed by atoms with Crippen LogP contribution in [0.4, 0.5) is 0 Å². The first-order chi connectivity index (χ1) is 11.0. The molecular formula is C17H31N3O3. The number of rotatable bonds is 7. The minimum absolute atomic E-state index is 0.107. The predicted molar refractivity (Wildman–Crippen MR) is 88.8 cm³/mol. The smallest absolute Gasteiger partial charge is 0.245 e. The van der Waals surface area contributed by atoms with Crippen molar-refractivity contribution in [3.05, 3.63) is 0 Å². The lowest BCUT2D eigenvalue weighted by Gasteiger charge is -2.38. The van der Waals surface area contributed by atoms with Gasteiger partial charge < -0.3 is 20.3 Å². The summed E-state index contributed by atoms with van der Waals surface area (Å²) in [5.41, 5.74) is 5.47. The second-order valence-corrected chi connectivity index (χ2v) is 6.92. The predicted octanol–water partition coefficient (Wildman–Crippen LogP) is 0.990. The van der Waals surface area contributed by atoms with Gasteiger partial charge in [0.15, 0.2) is 0 Å². The van der Waals surface area contributed by atoms with E-state index in [-0.39, 0.29) is 29.9 Å². The number of carbonyl (C=O) groups is 2. The van der Waals surface area contributed by atoms with Crippen LogP contribution in [0.15, 0.2) is 0 Å². The molecule has 2 aliphatic heterocycles. The molecule has 0 bridgehead atoms. The molecule has 2 N–H and O–H groups in total. The van der Waals surface area contributed by atoms with E-state index in [9.17, 15) is 9.59 Å². The van der Waals surface area contributed by atoms with E-state index in [1.54, 1.807) is 4.90 Å². The summed E-state index contributed by atoms with van der Waals surface area (Å²) in [6, 6.07) is -0.306. The van der Waals surface area contributed by atoms with Crippen LogP contribution in [0.1, 0.15) is 46.0 Å². The van der Waals surface area contributed by atoms with Crippen molar-refractivity contribution in [3.63, 3.8) is 0 Å². The maximum absolute atomic E-state index is 12.9. The van der Waals surface area contributed by atoms with Gasteiger partial charge >= 0.3 is 0 Å². The van der Waals surface area contributed by atoms with Crippen LogP contribution in [0.5, 0.6) is 0 Å². The van der Waals surface area contributed by atoms with Crippen LogP contribution in [0, 0.1) is 5.92 Å². The van der Waals surface area contributed by atoms with Gasteiger partial charge in [-0.1, -0.05) is 13.8 Å². The molecule has 6 heteroatoms. The summed E-state index contributed by atoms with van der Waals surface area (Å²) in [4.78, 5) is 28.6. The molecule has 2 aliphatic rings. The van der Waals surface area contributed by atoms with Gasteiger partial charge in [0.05, 0.1) is 6.10 Å². The van der Waals surface area contributed by atoms with E-state index in [2.05, 4.69) is 0 Å². The van der Waals surface area contributed by atoms with Gasteiger partial charge in [-0.25, -0.2) is 0 Å². The first kappa shape index (κ1) is 18.2. The van der Waals surface area contributed by atoms with Crippen molar-refractivity contribution < 1.29 is 14.3 Å². The van der Waals surface area contributed by atoms with Crippen LogP contribution in [0.3, 0.4) is 0 Å². The average Bonchev–Trinajstić information content (AvgIpc) is 2.94. The maximum atomic E-state index is 12.9. The fourth-order valence-corrected chi connectivity index (χ4v) is 3.50. The van der Waals surface area contributed by atoms with Gasteiger partial charge in [-0.3, -0.25) is 9.59 Å². The SMILES string of the molecule is CC(C)C(C(=O)N1CCC(OCCCN)CC1)N1CCCC1=O. The largest absolute Gasteiger partial charge is 0.378 e. The third kappa shape index (κ3) is 4.67. The lowest BCUT2D eigenvalue weighted by atomic mass is 9.99. The number of hydrogen-bond acceptors (Lipinski definition) is 4. The number of piperidine rings is 1. The number of likely N-dealkylation sites (tertiary alicyclic amines) is 2. The highest BCUT2D eigenvalue weighted by Crippen LogP contribution is 2.23. The van der Waals surface area contributed by atoms with Crippen molar-refractivity contribution in [3.8, 4) is 0 Å². The minimum atomic E-state index is -0.306. The molecular weight excluding hydrogens is 294 g/mol. The summed E-state index contributed by atoms with van der Waals surface area (Å²) >= 11 is 0. The third-order valence-corrected chi connectivity index (χ3v) is 4.79. The van der Waals surface area contributed by atoms with Crippen molar-refractivity contribution in [1.82, 2.24) is 9.80 Å². The summed E-state index contributed by atoms with van der Waals surface area (Å²) in [5, 5.41) is 0. The van der Waals surface area contributed by atoms with Crippen molar-refractivity contribution in [1.29, 1.82) is 0 Å². The Morgan fingerprint density at radius 2 is 2.00 bits per heavy atom. The zero-order chi connectivity index (χ0) is 16.8.